The van der Waals surface area contributed by atoms with Gasteiger partial charge < -0.3 is 10.6 Å². The first kappa shape index (κ1) is 19.0. The molecule has 1 aromatic carbocycles. The zero-order valence-electron chi connectivity index (χ0n) is 12.7. The molecule has 0 saturated carbocycles. The highest BCUT2D eigenvalue weighted by molar-refractivity contribution is 7.18. The Morgan fingerprint density at radius 1 is 1.38 bits per heavy atom. The smallest absolute Gasteiger partial charge is 0.356 e. The van der Waals surface area contributed by atoms with Crippen molar-refractivity contribution in [1.82, 2.24) is 15.6 Å². The van der Waals surface area contributed by atoms with E-state index in [0.29, 0.717) is 40.5 Å². The average molecular weight is 380 g/mol. The van der Waals surface area contributed by atoms with Gasteiger partial charge in [0.1, 0.15) is 0 Å². The van der Waals surface area contributed by atoms with Gasteiger partial charge in [0.05, 0.1) is 20.8 Å². The van der Waals surface area contributed by atoms with E-state index in [1.54, 1.807) is 0 Å². The first-order chi connectivity index (χ1) is 10.9. The van der Waals surface area contributed by atoms with E-state index in [1.165, 1.54) is 17.4 Å². The fraction of sp³-hybridized carbons (Fsp3) is 0.467. The van der Waals surface area contributed by atoms with Crippen molar-refractivity contribution in [3.05, 3.63) is 28.8 Å². The molecular formula is C15H17ClF3N3OS. The summed E-state index contributed by atoms with van der Waals surface area (Å²) < 4.78 is 38.7. The van der Waals surface area contributed by atoms with Crippen LogP contribution in [0.1, 0.15) is 17.0 Å². The summed E-state index contributed by atoms with van der Waals surface area (Å²) in [5, 5.41) is 6.68. The molecule has 1 aromatic heterocycles. The molecule has 0 atom stereocenters. The van der Waals surface area contributed by atoms with Gasteiger partial charge in [-0.2, -0.15) is 13.2 Å². The third-order valence-corrected chi connectivity index (χ3v) is 4.88. The Kier molecular flexibility index (Phi) is 6.06. The van der Waals surface area contributed by atoms with Gasteiger partial charge >= 0.3 is 6.18 Å². The number of aryl methyl sites for hydroxylation is 1. The summed E-state index contributed by atoms with van der Waals surface area (Å²) in [5.41, 5.74) is -0.366. The molecule has 0 unspecified atom stereocenters. The van der Waals surface area contributed by atoms with Gasteiger partial charge in [0.15, 0.2) is 0 Å². The van der Waals surface area contributed by atoms with Crippen LogP contribution in [0.25, 0.3) is 10.2 Å². The summed E-state index contributed by atoms with van der Waals surface area (Å²) in [6.07, 6.45) is -3.63. The van der Waals surface area contributed by atoms with Gasteiger partial charge in [-0.3, -0.25) is 4.79 Å². The van der Waals surface area contributed by atoms with Crippen LogP contribution in [0.3, 0.4) is 0 Å². The quantitative estimate of drug-likeness (QED) is 0.839. The number of halogens is 4. The summed E-state index contributed by atoms with van der Waals surface area (Å²) in [6, 6.07) is 3.55. The number of thiazole rings is 1. The fourth-order valence-electron chi connectivity index (χ4n) is 2.32. The molecule has 0 aliphatic carbocycles. The van der Waals surface area contributed by atoms with Crippen molar-refractivity contribution in [2.75, 3.05) is 19.6 Å². The summed E-state index contributed by atoms with van der Waals surface area (Å²) in [4.78, 5) is 16.0. The Labute approximate surface area is 147 Å². The van der Waals surface area contributed by atoms with Crippen molar-refractivity contribution in [3.8, 4) is 0 Å². The van der Waals surface area contributed by atoms with E-state index >= 15 is 0 Å². The summed E-state index contributed by atoms with van der Waals surface area (Å²) >= 11 is 1.33. The lowest BCUT2D eigenvalue weighted by molar-refractivity contribution is -0.137. The maximum atomic E-state index is 12.7. The molecule has 1 amide bonds. The monoisotopic (exact) mass is 379 g/mol. The van der Waals surface area contributed by atoms with Crippen molar-refractivity contribution < 1.29 is 18.0 Å². The van der Waals surface area contributed by atoms with Crippen LogP contribution in [0.4, 0.5) is 13.2 Å². The standard InChI is InChI=1S/C15H16F3N3OS.ClH/c16-15(17,18)10-1-2-12-11(5-10)21-14(23-12)4-3-13(22)20-8-9-6-19-7-9;/h1-2,5,9,19H,3-4,6-8H2,(H,20,22);1H. The third kappa shape index (κ3) is 4.58. The van der Waals surface area contributed by atoms with E-state index in [0.717, 1.165) is 25.2 Å². The number of rotatable bonds is 5. The number of fused-ring (bicyclic) bond motifs is 1. The van der Waals surface area contributed by atoms with Crippen molar-refractivity contribution in [1.29, 1.82) is 0 Å². The predicted octanol–water partition coefficient (Wildman–Crippen LogP) is 3.01. The molecule has 2 N–H and O–H groups in total. The van der Waals surface area contributed by atoms with Crippen LogP contribution >= 0.6 is 23.7 Å². The number of aromatic nitrogens is 1. The molecule has 3 rings (SSSR count). The maximum Gasteiger partial charge on any atom is 0.416 e. The minimum atomic E-state index is -4.37. The zero-order valence-corrected chi connectivity index (χ0v) is 14.3. The Hall–Kier alpha value is -1.38. The normalized spacial score (nSPS) is 15.0. The minimum Gasteiger partial charge on any atom is -0.356 e. The van der Waals surface area contributed by atoms with Crippen LogP contribution in [-0.4, -0.2) is 30.5 Å². The van der Waals surface area contributed by atoms with E-state index in [4.69, 9.17) is 0 Å². The second kappa shape index (κ2) is 7.67. The van der Waals surface area contributed by atoms with Crippen LogP contribution in [0, 0.1) is 5.92 Å². The molecule has 0 radical (unpaired) electrons. The molecule has 1 aliphatic rings. The zero-order chi connectivity index (χ0) is 16.4. The van der Waals surface area contributed by atoms with Gasteiger partial charge in [-0.25, -0.2) is 4.98 Å². The Morgan fingerprint density at radius 2 is 2.12 bits per heavy atom. The molecular weight excluding hydrogens is 363 g/mol. The molecule has 0 spiro atoms. The lowest BCUT2D eigenvalue weighted by atomic mass is 10.0. The number of carbonyl (C=O) groups excluding carboxylic acids is 1. The maximum absolute atomic E-state index is 12.7. The molecule has 24 heavy (non-hydrogen) atoms. The molecule has 1 fully saturated rings. The van der Waals surface area contributed by atoms with Gasteiger partial charge in [0.2, 0.25) is 5.91 Å². The number of nitrogens with zero attached hydrogens (tertiary/aromatic N) is 1. The van der Waals surface area contributed by atoms with Crippen LogP contribution in [0.5, 0.6) is 0 Å². The summed E-state index contributed by atoms with van der Waals surface area (Å²) in [6.45, 7) is 2.53. The molecule has 4 nitrogen and oxygen atoms in total. The molecule has 2 aromatic rings. The largest absolute Gasteiger partial charge is 0.416 e. The highest BCUT2D eigenvalue weighted by Gasteiger charge is 2.30. The predicted molar refractivity (Wildman–Crippen MR) is 89.6 cm³/mol. The fourth-order valence-corrected chi connectivity index (χ4v) is 3.27. The SMILES string of the molecule is Cl.O=C(CCc1nc2cc(C(F)(F)F)ccc2s1)NCC1CNC1. The van der Waals surface area contributed by atoms with Crippen molar-refractivity contribution >= 4 is 39.9 Å². The van der Waals surface area contributed by atoms with Gasteiger partial charge in [-0.15, -0.1) is 23.7 Å². The Morgan fingerprint density at radius 3 is 2.75 bits per heavy atom. The average Bonchev–Trinajstić information content (AvgIpc) is 2.84. The molecule has 1 aliphatic heterocycles. The van der Waals surface area contributed by atoms with Crippen LogP contribution in [-0.2, 0) is 17.4 Å². The van der Waals surface area contributed by atoms with Crippen molar-refractivity contribution in [3.63, 3.8) is 0 Å². The van der Waals surface area contributed by atoms with Gasteiger partial charge in [-0.1, -0.05) is 0 Å². The van der Waals surface area contributed by atoms with Gasteiger partial charge in [-0.05, 0) is 18.2 Å². The highest BCUT2D eigenvalue weighted by Crippen LogP contribution is 2.33. The number of hydrogen-bond donors (Lipinski definition) is 2. The van der Waals surface area contributed by atoms with E-state index in [-0.39, 0.29) is 18.3 Å². The first-order valence-corrected chi connectivity index (χ1v) is 8.17. The number of amides is 1. The second-order valence-corrected chi connectivity index (χ2v) is 6.73. The molecule has 9 heteroatoms. The third-order valence-electron chi connectivity index (χ3n) is 3.78. The van der Waals surface area contributed by atoms with Crippen molar-refractivity contribution in [2.45, 2.75) is 19.0 Å². The number of alkyl halides is 3. The molecule has 0 bridgehead atoms. The number of benzene rings is 1. The highest BCUT2D eigenvalue weighted by atomic mass is 35.5. The van der Waals surface area contributed by atoms with Crippen molar-refractivity contribution in [2.24, 2.45) is 5.92 Å². The van der Waals surface area contributed by atoms with E-state index in [9.17, 15) is 18.0 Å². The summed E-state index contributed by atoms with van der Waals surface area (Å²) in [7, 11) is 0. The lowest BCUT2D eigenvalue weighted by Crippen LogP contribution is -2.48. The topological polar surface area (TPSA) is 54.0 Å². The number of hydrogen-bond acceptors (Lipinski definition) is 4. The van der Waals surface area contributed by atoms with Crippen LogP contribution < -0.4 is 10.6 Å². The lowest BCUT2D eigenvalue weighted by Gasteiger charge is -2.27. The molecule has 132 valence electrons. The minimum absolute atomic E-state index is 0. The van der Waals surface area contributed by atoms with E-state index < -0.39 is 11.7 Å². The number of carbonyl (C=O) groups is 1. The molecule has 2 heterocycles. The van der Waals surface area contributed by atoms with Crippen LogP contribution in [0.15, 0.2) is 18.2 Å². The Balaban J connectivity index is 0.00000208. The Bertz CT molecular complexity index is 716. The van der Waals surface area contributed by atoms with E-state index in [2.05, 4.69) is 15.6 Å². The van der Waals surface area contributed by atoms with Gasteiger partial charge in [0, 0.05) is 38.4 Å². The number of nitrogens with one attached hydrogen (secondary N) is 2. The summed E-state index contributed by atoms with van der Waals surface area (Å²) in [5.74, 6) is 0.453. The first-order valence-electron chi connectivity index (χ1n) is 7.36. The molecule has 1 saturated heterocycles. The van der Waals surface area contributed by atoms with Gasteiger partial charge in [0.25, 0.3) is 0 Å². The van der Waals surface area contributed by atoms with E-state index in [1.807, 2.05) is 0 Å². The van der Waals surface area contributed by atoms with Crippen LogP contribution in [0.2, 0.25) is 0 Å². The second-order valence-electron chi connectivity index (χ2n) is 5.62.